The van der Waals surface area contributed by atoms with Crippen LogP contribution < -0.4 is 10.8 Å². The van der Waals surface area contributed by atoms with Crippen LogP contribution in [0.1, 0.15) is 39.5 Å². The van der Waals surface area contributed by atoms with Crippen molar-refractivity contribution in [3.05, 3.63) is 0 Å². The van der Waals surface area contributed by atoms with Crippen LogP contribution in [-0.2, 0) is 9.59 Å². The van der Waals surface area contributed by atoms with E-state index in [-0.39, 0.29) is 17.1 Å². The van der Waals surface area contributed by atoms with Crippen molar-refractivity contribution in [1.82, 2.24) is 10.8 Å². The molecule has 0 aromatic heterocycles. The predicted molar refractivity (Wildman–Crippen MR) is 73.5 cm³/mol. The molecule has 0 aromatic rings. The van der Waals surface area contributed by atoms with Crippen molar-refractivity contribution in [2.45, 2.75) is 44.8 Å². The van der Waals surface area contributed by atoms with Crippen molar-refractivity contribution in [1.29, 1.82) is 0 Å². The largest absolute Gasteiger partial charge is 0.359 e. The van der Waals surface area contributed by atoms with Gasteiger partial charge in [0.15, 0.2) is 0 Å². The second-order valence-electron chi connectivity index (χ2n) is 4.40. The summed E-state index contributed by atoms with van der Waals surface area (Å²) in [5.74, 6) is 0.876. The van der Waals surface area contributed by atoms with Crippen molar-refractivity contribution < 1.29 is 14.8 Å². The molecule has 0 radical (unpaired) electrons. The summed E-state index contributed by atoms with van der Waals surface area (Å²) in [7, 11) is 1.61. The number of carbonyl (C=O) groups is 2. The molecule has 0 heterocycles. The number of thioether (sulfide) groups is 1. The quantitative estimate of drug-likeness (QED) is 0.441. The molecule has 0 saturated carbocycles. The molecule has 5 nitrogen and oxygen atoms in total. The first-order chi connectivity index (χ1) is 8.53. The predicted octanol–water partition coefficient (Wildman–Crippen LogP) is 1.56. The van der Waals surface area contributed by atoms with E-state index in [1.54, 1.807) is 24.3 Å². The average Bonchev–Trinajstić information content (AvgIpc) is 2.37. The highest BCUT2D eigenvalue weighted by Gasteiger charge is 2.17. The zero-order valence-electron chi connectivity index (χ0n) is 11.4. The van der Waals surface area contributed by atoms with Gasteiger partial charge in [-0.05, 0) is 12.3 Å². The van der Waals surface area contributed by atoms with Crippen LogP contribution in [0, 0.1) is 5.92 Å². The molecule has 0 aliphatic rings. The molecular weight excluding hydrogens is 252 g/mol. The first kappa shape index (κ1) is 17.2. The van der Waals surface area contributed by atoms with Gasteiger partial charge in [-0.25, -0.2) is 5.48 Å². The lowest BCUT2D eigenvalue weighted by molar-refractivity contribution is -0.129. The van der Waals surface area contributed by atoms with E-state index in [1.165, 1.54) is 0 Å². The van der Waals surface area contributed by atoms with Crippen LogP contribution in [0.2, 0.25) is 0 Å². The Morgan fingerprint density at radius 3 is 2.50 bits per heavy atom. The molecule has 0 saturated heterocycles. The Morgan fingerprint density at radius 2 is 2.00 bits per heavy atom. The second kappa shape index (κ2) is 10.2. The Kier molecular flexibility index (Phi) is 9.77. The molecule has 0 rings (SSSR count). The minimum absolute atomic E-state index is 0.0106. The van der Waals surface area contributed by atoms with E-state index in [9.17, 15) is 9.59 Å². The van der Waals surface area contributed by atoms with Crippen LogP contribution >= 0.6 is 11.8 Å². The van der Waals surface area contributed by atoms with Crippen LogP contribution in [-0.4, -0.2) is 35.1 Å². The monoisotopic (exact) mass is 276 g/mol. The first-order valence-corrected chi connectivity index (χ1v) is 7.33. The van der Waals surface area contributed by atoms with Gasteiger partial charge in [0, 0.05) is 30.9 Å². The summed E-state index contributed by atoms with van der Waals surface area (Å²) < 4.78 is 0. The van der Waals surface area contributed by atoms with Crippen LogP contribution in [0.3, 0.4) is 0 Å². The van der Waals surface area contributed by atoms with Crippen molar-refractivity contribution in [3.63, 3.8) is 0 Å². The smallest absolute Gasteiger partial charge is 0.244 e. The number of rotatable bonds is 9. The Balaban J connectivity index is 4.11. The number of hydrogen-bond acceptors (Lipinski definition) is 4. The third kappa shape index (κ3) is 8.36. The SMILES string of the molecule is CCC(C)CC(CC(=O)NO)SCCC(=O)NC. The molecule has 2 atom stereocenters. The lowest BCUT2D eigenvalue weighted by atomic mass is 10.0. The molecule has 2 amide bonds. The molecule has 3 N–H and O–H groups in total. The van der Waals surface area contributed by atoms with E-state index < -0.39 is 0 Å². The molecule has 0 spiro atoms. The Labute approximate surface area is 113 Å². The number of hydroxylamine groups is 1. The summed E-state index contributed by atoms with van der Waals surface area (Å²) in [6.45, 7) is 4.26. The van der Waals surface area contributed by atoms with Gasteiger partial charge in [0.25, 0.3) is 0 Å². The molecule has 0 fully saturated rings. The Morgan fingerprint density at radius 1 is 1.33 bits per heavy atom. The van der Waals surface area contributed by atoms with Crippen LogP contribution in [0.15, 0.2) is 0 Å². The lowest BCUT2D eigenvalue weighted by Gasteiger charge is -2.18. The third-order valence-electron chi connectivity index (χ3n) is 2.86. The molecule has 0 aliphatic heterocycles. The number of hydrogen-bond donors (Lipinski definition) is 3. The van der Waals surface area contributed by atoms with Gasteiger partial charge < -0.3 is 5.32 Å². The summed E-state index contributed by atoms with van der Waals surface area (Å²) in [6.07, 6.45) is 2.73. The van der Waals surface area contributed by atoms with Gasteiger partial charge >= 0.3 is 0 Å². The maximum Gasteiger partial charge on any atom is 0.244 e. The molecule has 0 aliphatic carbocycles. The topological polar surface area (TPSA) is 78.4 Å². The summed E-state index contributed by atoms with van der Waals surface area (Å²) >= 11 is 1.62. The average molecular weight is 276 g/mol. The van der Waals surface area contributed by atoms with Crippen molar-refractivity contribution in [3.8, 4) is 0 Å². The highest BCUT2D eigenvalue weighted by molar-refractivity contribution is 7.99. The van der Waals surface area contributed by atoms with E-state index in [0.717, 1.165) is 12.8 Å². The fourth-order valence-corrected chi connectivity index (χ4v) is 2.89. The van der Waals surface area contributed by atoms with Gasteiger partial charge in [-0.2, -0.15) is 11.8 Å². The molecular formula is C12H24N2O3S. The summed E-state index contributed by atoms with van der Waals surface area (Å²) in [4.78, 5) is 22.3. The maximum absolute atomic E-state index is 11.2. The van der Waals surface area contributed by atoms with Crippen molar-refractivity contribution in [2.24, 2.45) is 5.92 Å². The maximum atomic E-state index is 11.2. The van der Waals surface area contributed by atoms with Crippen LogP contribution in [0.4, 0.5) is 0 Å². The van der Waals surface area contributed by atoms with Gasteiger partial charge in [-0.15, -0.1) is 0 Å². The molecule has 18 heavy (non-hydrogen) atoms. The van der Waals surface area contributed by atoms with Crippen molar-refractivity contribution >= 4 is 23.6 Å². The first-order valence-electron chi connectivity index (χ1n) is 6.28. The second-order valence-corrected chi connectivity index (χ2v) is 5.81. The number of amides is 2. The Hall–Kier alpha value is -0.750. The van der Waals surface area contributed by atoms with E-state index in [1.807, 2.05) is 0 Å². The lowest BCUT2D eigenvalue weighted by Crippen LogP contribution is -2.25. The third-order valence-corrected chi connectivity index (χ3v) is 4.13. The summed E-state index contributed by atoms with van der Waals surface area (Å²) in [5, 5.41) is 11.3. The zero-order chi connectivity index (χ0) is 14.0. The van der Waals surface area contributed by atoms with Gasteiger partial charge in [-0.3, -0.25) is 14.8 Å². The number of nitrogens with one attached hydrogen (secondary N) is 2. The standard InChI is InChI=1S/C12H24N2O3S/c1-4-9(2)7-10(8-12(16)14-17)18-6-5-11(15)13-3/h9-10,17H,4-8H2,1-3H3,(H,13,15)(H,14,16). The van der Waals surface area contributed by atoms with E-state index in [2.05, 4.69) is 19.2 Å². The van der Waals surface area contributed by atoms with Gasteiger partial charge in [0.1, 0.15) is 0 Å². The Bertz CT molecular complexity index is 262. The normalized spacial score (nSPS) is 13.8. The molecule has 106 valence electrons. The molecule has 0 bridgehead atoms. The van der Waals surface area contributed by atoms with Crippen LogP contribution in [0.25, 0.3) is 0 Å². The fraction of sp³-hybridized carbons (Fsp3) is 0.833. The number of carbonyl (C=O) groups excluding carboxylic acids is 2. The van der Waals surface area contributed by atoms with Gasteiger partial charge in [0.2, 0.25) is 11.8 Å². The molecule has 2 unspecified atom stereocenters. The highest BCUT2D eigenvalue weighted by Crippen LogP contribution is 2.24. The summed E-state index contributed by atoms with van der Waals surface area (Å²) in [6, 6.07) is 0. The van der Waals surface area contributed by atoms with E-state index in [4.69, 9.17) is 5.21 Å². The zero-order valence-corrected chi connectivity index (χ0v) is 12.2. The molecule has 6 heteroatoms. The van der Waals surface area contributed by atoms with Gasteiger partial charge in [0.05, 0.1) is 0 Å². The minimum Gasteiger partial charge on any atom is -0.359 e. The fourth-order valence-electron chi connectivity index (χ4n) is 1.52. The minimum atomic E-state index is -0.365. The van der Waals surface area contributed by atoms with E-state index >= 15 is 0 Å². The molecule has 0 aromatic carbocycles. The highest BCUT2D eigenvalue weighted by atomic mass is 32.2. The summed E-state index contributed by atoms with van der Waals surface area (Å²) in [5.41, 5.74) is 1.67. The van der Waals surface area contributed by atoms with Gasteiger partial charge in [-0.1, -0.05) is 20.3 Å². The van der Waals surface area contributed by atoms with Crippen molar-refractivity contribution in [2.75, 3.05) is 12.8 Å². The van der Waals surface area contributed by atoms with E-state index in [0.29, 0.717) is 24.5 Å². The van der Waals surface area contributed by atoms with Crippen LogP contribution in [0.5, 0.6) is 0 Å².